The van der Waals surface area contributed by atoms with Crippen LogP contribution in [-0.2, 0) is 33.4 Å². The van der Waals surface area contributed by atoms with Crippen molar-refractivity contribution in [2.24, 2.45) is 22.7 Å². The van der Waals surface area contributed by atoms with E-state index in [0.717, 1.165) is 32.1 Å². The summed E-state index contributed by atoms with van der Waals surface area (Å²) in [5.74, 6) is -0.0952. The topological polar surface area (TPSA) is 96.0 Å². The highest BCUT2D eigenvalue weighted by Crippen LogP contribution is 2.55. The largest absolute Gasteiger partial charge is 0.459 e. The summed E-state index contributed by atoms with van der Waals surface area (Å²) >= 11 is 0. The Morgan fingerprint density at radius 3 is 2.03 bits per heavy atom. The van der Waals surface area contributed by atoms with Gasteiger partial charge in [0.15, 0.2) is 0 Å². The van der Waals surface area contributed by atoms with E-state index in [9.17, 15) is 18.0 Å². The summed E-state index contributed by atoms with van der Waals surface area (Å²) in [5.41, 5.74) is -1.01. The summed E-state index contributed by atoms with van der Waals surface area (Å²) < 4.78 is 40.2. The highest BCUT2D eigenvalue weighted by Gasteiger charge is 2.65. The van der Waals surface area contributed by atoms with E-state index >= 15 is 0 Å². The maximum absolute atomic E-state index is 12.1. The Morgan fingerprint density at radius 2 is 1.49 bits per heavy atom. The van der Waals surface area contributed by atoms with Gasteiger partial charge in [0.05, 0.1) is 16.1 Å². The number of rotatable bonds is 7. The van der Waals surface area contributed by atoms with Gasteiger partial charge in [0.1, 0.15) is 17.8 Å². The van der Waals surface area contributed by atoms with Crippen molar-refractivity contribution in [3.8, 4) is 0 Å². The molecule has 0 amide bonds. The molecule has 0 aromatic heterocycles. The van der Waals surface area contributed by atoms with Crippen LogP contribution in [0.3, 0.4) is 0 Å². The number of esters is 2. The molecule has 2 bridgehead atoms. The zero-order chi connectivity index (χ0) is 26.2. The lowest BCUT2D eigenvalue weighted by Crippen LogP contribution is -2.40. The van der Waals surface area contributed by atoms with Gasteiger partial charge in [0, 0.05) is 11.8 Å². The van der Waals surface area contributed by atoms with E-state index in [1.807, 2.05) is 41.5 Å². The summed E-state index contributed by atoms with van der Waals surface area (Å²) in [6, 6.07) is 0. The summed E-state index contributed by atoms with van der Waals surface area (Å²) in [5, 5.41) is -0.364. The molecule has 1 saturated heterocycles. The van der Waals surface area contributed by atoms with E-state index in [1.165, 1.54) is 19.3 Å². The predicted molar refractivity (Wildman–Crippen MR) is 134 cm³/mol. The number of hydrogen-bond donors (Lipinski definition) is 0. The molecule has 4 rings (SSSR count). The van der Waals surface area contributed by atoms with Crippen molar-refractivity contribution in [3.63, 3.8) is 0 Å². The van der Waals surface area contributed by atoms with Crippen molar-refractivity contribution in [3.05, 3.63) is 0 Å². The molecule has 0 spiro atoms. The number of carbonyl (C=O) groups excluding carboxylic acids is 2. The van der Waals surface area contributed by atoms with E-state index in [0.29, 0.717) is 12.8 Å². The Bertz CT molecular complexity index is 885. The highest BCUT2D eigenvalue weighted by atomic mass is 32.2. The lowest BCUT2D eigenvalue weighted by Gasteiger charge is -2.38. The summed E-state index contributed by atoms with van der Waals surface area (Å²) in [6.45, 7) is 13.8. The van der Waals surface area contributed by atoms with Crippen molar-refractivity contribution in [2.75, 3.05) is 0 Å². The van der Waals surface area contributed by atoms with Crippen molar-refractivity contribution < 1.29 is 31.7 Å². The molecule has 0 radical (unpaired) electrons. The standard InChI is InChI=1S/C14H26O2.C13H20O5S/c1-5-13(3,4)12(15)16-14(6-2)10-8-7-9-11-14;1-4-13(2,3)12(14)17-10-7-5-8-9(6-7)19(15,16)18-11(8)10/h5-11H2,1-4H3;7-11H,4-6H2,1-3H3. The fourth-order valence-corrected chi connectivity index (χ4v) is 7.56. The smallest absolute Gasteiger partial charge is 0.312 e. The zero-order valence-corrected chi connectivity index (χ0v) is 23.5. The van der Waals surface area contributed by atoms with Gasteiger partial charge in [-0.15, -0.1) is 0 Å². The lowest BCUT2D eigenvalue weighted by atomic mass is 9.82. The van der Waals surface area contributed by atoms with Crippen molar-refractivity contribution >= 4 is 22.1 Å². The molecule has 5 unspecified atom stereocenters. The Hall–Kier alpha value is -1.15. The van der Waals surface area contributed by atoms with E-state index in [4.69, 9.17) is 13.7 Å². The molecule has 5 atom stereocenters. The van der Waals surface area contributed by atoms with Crippen LogP contribution in [-0.4, -0.2) is 43.4 Å². The minimum absolute atomic E-state index is 0.0150. The summed E-state index contributed by atoms with van der Waals surface area (Å²) in [4.78, 5) is 24.2. The van der Waals surface area contributed by atoms with Crippen molar-refractivity contribution in [2.45, 2.75) is 136 Å². The molecule has 1 aliphatic heterocycles. The third-order valence-corrected chi connectivity index (χ3v) is 11.0. The van der Waals surface area contributed by atoms with E-state index in [2.05, 4.69) is 6.92 Å². The molecule has 7 nitrogen and oxygen atoms in total. The van der Waals surface area contributed by atoms with Gasteiger partial charge >= 0.3 is 11.9 Å². The van der Waals surface area contributed by atoms with E-state index in [-0.39, 0.29) is 46.1 Å². The quantitative estimate of drug-likeness (QED) is 0.325. The Balaban J connectivity index is 0.000000199. The number of hydrogen-bond acceptors (Lipinski definition) is 7. The number of fused-ring (bicyclic) bond motifs is 1. The van der Waals surface area contributed by atoms with Gasteiger partial charge in [-0.05, 0) is 85.5 Å². The second kappa shape index (κ2) is 10.3. The van der Waals surface area contributed by atoms with Crippen LogP contribution in [0.15, 0.2) is 0 Å². The van der Waals surface area contributed by atoms with E-state index < -0.39 is 21.6 Å². The fraction of sp³-hybridized carbons (Fsp3) is 0.926. The van der Waals surface area contributed by atoms with Crippen LogP contribution >= 0.6 is 0 Å². The molecule has 35 heavy (non-hydrogen) atoms. The van der Waals surface area contributed by atoms with Crippen LogP contribution in [0.5, 0.6) is 0 Å². The van der Waals surface area contributed by atoms with Crippen LogP contribution in [0.4, 0.5) is 0 Å². The first-order chi connectivity index (χ1) is 16.2. The minimum atomic E-state index is -3.43. The van der Waals surface area contributed by atoms with Crippen LogP contribution in [0.2, 0.25) is 0 Å². The van der Waals surface area contributed by atoms with Gasteiger partial charge in [-0.1, -0.05) is 27.2 Å². The fourth-order valence-electron chi connectivity index (χ4n) is 5.67. The van der Waals surface area contributed by atoms with Gasteiger partial charge in [0.25, 0.3) is 10.1 Å². The first-order valence-corrected chi connectivity index (χ1v) is 15.1. The molecule has 0 aromatic rings. The molecule has 4 aliphatic rings. The third-order valence-electron chi connectivity index (χ3n) is 9.25. The zero-order valence-electron chi connectivity index (χ0n) is 22.7. The molecule has 0 aromatic carbocycles. The molecule has 1 heterocycles. The van der Waals surface area contributed by atoms with Crippen LogP contribution < -0.4 is 0 Å². The number of carbonyl (C=O) groups is 2. The van der Waals surface area contributed by atoms with Crippen LogP contribution in [0, 0.1) is 22.7 Å². The predicted octanol–water partition coefficient (Wildman–Crippen LogP) is 5.55. The maximum Gasteiger partial charge on any atom is 0.312 e. The Labute approximate surface area is 212 Å². The number of ether oxygens (including phenoxy) is 2. The Kier molecular flexibility index (Phi) is 8.37. The SMILES string of the molecule is CCC(C)(C)C(=O)OC1C2CC3C1OS(=O)(=O)C3C2.CCC1(OC(=O)C(C)(C)CC)CCCCC1. The average molecular weight is 515 g/mol. The normalized spacial score (nSPS) is 32.5. The maximum atomic E-state index is 12.1. The lowest BCUT2D eigenvalue weighted by molar-refractivity contribution is -0.175. The van der Waals surface area contributed by atoms with Gasteiger partial charge in [0.2, 0.25) is 0 Å². The second-order valence-electron chi connectivity index (χ2n) is 12.3. The van der Waals surface area contributed by atoms with Gasteiger partial charge in [-0.25, -0.2) is 0 Å². The van der Waals surface area contributed by atoms with E-state index in [1.54, 1.807) is 0 Å². The van der Waals surface area contributed by atoms with Crippen molar-refractivity contribution in [1.29, 1.82) is 0 Å². The monoisotopic (exact) mass is 514 g/mol. The molecular weight excluding hydrogens is 468 g/mol. The molecule has 202 valence electrons. The van der Waals surface area contributed by atoms with Crippen molar-refractivity contribution in [1.82, 2.24) is 0 Å². The van der Waals surface area contributed by atoms with Gasteiger partial charge < -0.3 is 9.47 Å². The third kappa shape index (κ3) is 5.73. The molecule has 0 N–H and O–H groups in total. The second-order valence-corrected chi connectivity index (χ2v) is 14.1. The summed E-state index contributed by atoms with van der Waals surface area (Å²) in [7, 11) is -3.43. The van der Waals surface area contributed by atoms with Gasteiger partial charge in [-0.2, -0.15) is 8.42 Å². The first kappa shape index (κ1) is 28.4. The molecule has 3 aliphatic carbocycles. The van der Waals surface area contributed by atoms with Crippen LogP contribution in [0.1, 0.15) is 113 Å². The minimum Gasteiger partial charge on any atom is -0.459 e. The summed E-state index contributed by atoms with van der Waals surface area (Å²) in [6.07, 6.45) is 8.85. The molecule has 8 heteroatoms. The average Bonchev–Trinajstić information content (AvgIpc) is 3.44. The molecular formula is C27H46O7S. The Morgan fingerprint density at radius 1 is 0.914 bits per heavy atom. The van der Waals surface area contributed by atoms with Crippen LogP contribution in [0.25, 0.3) is 0 Å². The highest BCUT2D eigenvalue weighted by molar-refractivity contribution is 7.87. The first-order valence-electron chi connectivity index (χ1n) is 13.6. The molecule has 4 fully saturated rings. The molecule has 3 saturated carbocycles. The van der Waals surface area contributed by atoms with Gasteiger partial charge in [-0.3, -0.25) is 13.8 Å².